The fraction of sp³-hybridized carbons (Fsp3) is 0.647. The molecule has 1 unspecified atom stereocenters. The first kappa shape index (κ1) is 14.5. The van der Waals surface area contributed by atoms with E-state index in [1.807, 2.05) is 0 Å². The SMILES string of the molecule is CCC1(CC)CC(NCc2ccccc2C)CCO1. The van der Waals surface area contributed by atoms with Gasteiger partial charge in [0.25, 0.3) is 0 Å². The molecule has 1 fully saturated rings. The van der Waals surface area contributed by atoms with Gasteiger partial charge in [0.2, 0.25) is 0 Å². The van der Waals surface area contributed by atoms with Crippen molar-refractivity contribution in [2.24, 2.45) is 0 Å². The van der Waals surface area contributed by atoms with Crippen molar-refractivity contribution < 1.29 is 4.74 Å². The van der Waals surface area contributed by atoms with Crippen LogP contribution in [0.15, 0.2) is 24.3 Å². The van der Waals surface area contributed by atoms with Crippen LogP contribution in [0, 0.1) is 6.92 Å². The molecular weight excluding hydrogens is 234 g/mol. The van der Waals surface area contributed by atoms with E-state index in [0.717, 1.165) is 38.8 Å². The molecule has 0 spiro atoms. The van der Waals surface area contributed by atoms with Crippen LogP contribution in [0.1, 0.15) is 50.7 Å². The molecule has 0 bridgehead atoms. The predicted molar refractivity (Wildman–Crippen MR) is 80.3 cm³/mol. The number of benzene rings is 1. The topological polar surface area (TPSA) is 21.3 Å². The Morgan fingerprint density at radius 3 is 2.68 bits per heavy atom. The molecule has 1 heterocycles. The van der Waals surface area contributed by atoms with Gasteiger partial charge < -0.3 is 10.1 Å². The van der Waals surface area contributed by atoms with Gasteiger partial charge in [-0.2, -0.15) is 0 Å². The first-order chi connectivity index (χ1) is 9.19. The summed E-state index contributed by atoms with van der Waals surface area (Å²) in [6.07, 6.45) is 4.51. The minimum atomic E-state index is 0.113. The van der Waals surface area contributed by atoms with Crippen molar-refractivity contribution in [2.75, 3.05) is 6.61 Å². The van der Waals surface area contributed by atoms with Gasteiger partial charge in [-0.15, -0.1) is 0 Å². The summed E-state index contributed by atoms with van der Waals surface area (Å²) in [7, 11) is 0. The van der Waals surface area contributed by atoms with Crippen molar-refractivity contribution in [3.05, 3.63) is 35.4 Å². The highest BCUT2D eigenvalue weighted by Gasteiger charge is 2.34. The highest BCUT2D eigenvalue weighted by molar-refractivity contribution is 5.25. The Kier molecular flexibility index (Phi) is 5.00. The normalized spacial score (nSPS) is 22.4. The monoisotopic (exact) mass is 261 g/mol. The third-order valence-electron chi connectivity index (χ3n) is 4.62. The van der Waals surface area contributed by atoms with E-state index in [-0.39, 0.29) is 5.60 Å². The van der Waals surface area contributed by atoms with Gasteiger partial charge in [0, 0.05) is 19.2 Å². The number of hydrogen-bond donors (Lipinski definition) is 1. The maximum atomic E-state index is 6.03. The lowest BCUT2D eigenvalue weighted by molar-refractivity contribution is -0.0932. The summed E-state index contributed by atoms with van der Waals surface area (Å²) in [4.78, 5) is 0. The van der Waals surface area contributed by atoms with Crippen LogP contribution < -0.4 is 5.32 Å². The van der Waals surface area contributed by atoms with Gasteiger partial charge in [-0.05, 0) is 43.7 Å². The van der Waals surface area contributed by atoms with E-state index in [9.17, 15) is 0 Å². The van der Waals surface area contributed by atoms with Crippen molar-refractivity contribution in [3.8, 4) is 0 Å². The van der Waals surface area contributed by atoms with Crippen molar-refractivity contribution in [2.45, 2.75) is 64.6 Å². The van der Waals surface area contributed by atoms with Crippen LogP contribution in [0.5, 0.6) is 0 Å². The Balaban J connectivity index is 1.91. The molecule has 1 saturated heterocycles. The second-order valence-electron chi connectivity index (χ2n) is 5.74. The molecule has 1 aliphatic rings. The number of aryl methyl sites for hydroxylation is 1. The van der Waals surface area contributed by atoms with Gasteiger partial charge >= 0.3 is 0 Å². The van der Waals surface area contributed by atoms with E-state index in [1.54, 1.807) is 0 Å². The maximum absolute atomic E-state index is 6.03. The molecule has 0 saturated carbocycles. The van der Waals surface area contributed by atoms with Gasteiger partial charge in [0.1, 0.15) is 0 Å². The van der Waals surface area contributed by atoms with Gasteiger partial charge in [-0.25, -0.2) is 0 Å². The number of ether oxygens (including phenoxy) is 1. The highest BCUT2D eigenvalue weighted by Crippen LogP contribution is 2.31. The lowest BCUT2D eigenvalue weighted by Crippen LogP contribution is -2.46. The molecule has 1 N–H and O–H groups in total. The summed E-state index contributed by atoms with van der Waals surface area (Å²) in [6, 6.07) is 9.22. The first-order valence-corrected chi connectivity index (χ1v) is 7.61. The van der Waals surface area contributed by atoms with Gasteiger partial charge in [-0.3, -0.25) is 0 Å². The van der Waals surface area contributed by atoms with Gasteiger partial charge in [0.05, 0.1) is 5.60 Å². The van der Waals surface area contributed by atoms with Gasteiger partial charge in [-0.1, -0.05) is 38.1 Å². The minimum Gasteiger partial charge on any atom is -0.375 e. The summed E-state index contributed by atoms with van der Waals surface area (Å²) in [6.45, 7) is 8.54. The summed E-state index contributed by atoms with van der Waals surface area (Å²) < 4.78 is 6.03. The quantitative estimate of drug-likeness (QED) is 0.870. The molecule has 0 aliphatic carbocycles. The third-order valence-corrected chi connectivity index (χ3v) is 4.62. The zero-order valence-corrected chi connectivity index (χ0v) is 12.5. The van der Waals surface area contributed by atoms with Crippen LogP contribution in [0.25, 0.3) is 0 Å². The molecule has 0 aromatic heterocycles. The van der Waals surface area contributed by atoms with Crippen LogP contribution >= 0.6 is 0 Å². The number of nitrogens with one attached hydrogen (secondary N) is 1. The molecule has 1 aromatic rings. The molecule has 1 atom stereocenters. The second kappa shape index (κ2) is 6.53. The lowest BCUT2D eigenvalue weighted by Gasteiger charge is -2.40. The largest absolute Gasteiger partial charge is 0.375 e. The second-order valence-corrected chi connectivity index (χ2v) is 5.74. The molecule has 1 aromatic carbocycles. The van der Waals surface area contributed by atoms with E-state index in [1.165, 1.54) is 11.1 Å². The molecule has 0 radical (unpaired) electrons. The molecule has 106 valence electrons. The van der Waals surface area contributed by atoms with E-state index >= 15 is 0 Å². The summed E-state index contributed by atoms with van der Waals surface area (Å²) >= 11 is 0. The molecule has 19 heavy (non-hydrogen) atoms. The van der Waals surface area contributed by atoms with Crippen molar-refractivity contribution in [1.82, 2.24) is 5.32 Å². The minimum absolute atomic E-state index is 0.113. The Morgan fingerprint density at radius 2 is 2.00 bits per heavy atom. The molecular formula is C17H27NO. The Labute approximate surface area is 117 Å². The van der Waals surface area contributed by atoms with Crippen LogP contribution in [0.4, 0.5) is 0 Å². The zero-order chi connectivity index (χ0) is 13.7. The summed E-state index contributed by atoms with van der Waals surface area (Å²) in [5, 5.41) is 3.72. The maximum Gasteiger partial charge on any atom is 0.0692 e. The summed E-state index contributed by atoms with van der Waals surface area (Å²) in [5.41, 5.74) is 2.90. The standard InChI is InChI=1S/C17H27NO/c1-4-17(5-2)12-16(10-11-19-17)18-13-15-9-7-6-8-14(15)3/h6-9,16,18H,4-5,10-13H2,1-3H3. The van der Waals surface area contributed by atoms with E-state index in [2.05, 4.69) is 50.4 Å². The third kappa shape index (κ3) is 3.58. The Hall–Kier alpha value is -0.860. The lowest BCUT2D eigenvalue weighted by atomic mass is 9.86. The Bertz CT molecular complexity index is 398. The molecule has 0 amide bonds. The first-order valence-electron chi connectivity index (χ1n) is 7.61. The number of rotatable bonds is 5. The fourth-order valence-electron chi connectivity index (χ4n) is 3.01. The van der Waals surface area contributed by atoms with E-state index in [0.29, 0.717) is 6.04 Å². The van der Waals surface area contributed by atoms with Crippen molar-refractivity contribution >= 4 is 0 Å². The number of hydrogen-bond acceptors (Lipinski definition) is 2. The van der Waals surface area contributed by atoms with Crippen molar-refractivity contribution in [1.29, 1.82) is 0 Å². The Morgan fingerprint density at radius 1 is 1.26 bits per heavy atom. The average Bonchev–Trinajstić information content (AvgIpc) is 2.46. The molecule has 2 nitrogen and oxygen atoms in total. The predicted octanol–water partition coefficient (Wildman–Crippen LogP) is 3.82. The molecule has 2 heteroatoms. The fourth-order valence-corrected chi connectivity index (χ4v) is 3.01. The smallest absolute Gasteiger partial charge is 0.0692 e. The highest BCUT2D eigenvalue weighted by atomic mass is 16.5. The van der Waals surface area contributed by atoms with E-state index in [4.69, 9.17) is 4.74 Å². The molecule has 1 aliphatic heterocycles. The average molecular weight is 261 g/mol. The van der Waals surface area contributed by atoms with Crippen LogP contribution in [0.2, 0.25) is 0 Å². The molecule has 2 rings (SSSR count). The van der Waals surface area contributed by atoms with Crippen LogP contribution in [-0.4, -0.2) is 18.2 Å². The summed E-state index contributed by atoms with van der Waals surface area (Å²) in [5.74, 6) is 0. The van der Waals surface area contributed by atoms with E-state index < -0.39 is 0 Å². The van der Waals surface area contributed by atoms with Crippen LogP contribution in [0.3, 0.4) is 0 Å². The zero-order valence-electron chi connectivity index (χ0n) is 12.5. The van der Waals surface area contributed by atoms with Crippen LogP contribution in [-0.2, 0) is 11.3 Å². The van der Waals surface area contributed by atoms with Crippen molar-refractivity contribution in [3.63, 3.8) is 0 Å². The van der Waals surface area contributed by atoms with Gasteiger partial charge in [0.15, 0.2) is 0 Å².